The van der Waals surface area contributed by atoms with E-state index in [1.54, 1.807) is 25.4 Å². The number of nitriles is 1. The first-order valence-electron chi connectivity index (χ1n) is 11.2. The molecular formula is C25H28N4O5. The van der Waals surface area contributed by atoms with Crippen molar-refractivity contribution in [2.24, 2.45) is 5.92 Å². The second-order valence-corrected chi connectivity index (χ2v) is 8.58. The summed E-state index contributed by atoms with van der Waals surface area (Å²) in [5, 5.41) is 22.0. The van der Waals surface area contributed by atoms with Gasteiger partial charge in [0.05, 0.1) is 31.6 Å². The van der Waals surface area contributed by atoms with Crippen LogP contribution in [-0.2, 0) is 0 Å². The molecule has 1 aliphatic carbocycles. The number of rotatable bonds is 8. The van der Waals surface area contributed by atoms with Crippen LogP contribution in [0.4, 0.5) is 4.79 Å². The Morgan fingerprint density at radius 3 is 2.76 bits per heavy atom. The van der Waals surface area contributed by atoms with E-state index in [-0.39, 0.29) is 12.2 Å². The summed E-state index contributed by atoms with van der Waals surface area (Å²) in [7, 11) is 3.08. The highest BCUT2D eigenvalue weighted by Gasteiger charge is 2.41. The Hall–Kier alpha value is -3.93. The molecule has 0 radical (unpaired) electrons. The lowest BCUT2D eigenvalue weighted by atomic mass is 9.96. The van der Waals surface area contributed by atoms with Gasteiger partial charge in [-0.3, -0.25) is 4.40 Å². The molecule has 34 heavy (non-hydrogen) atoms. The quantitative estimate of drug-likeness (QED) is 0.504. The monoisotopic (exact) mass is 464 g/mol. The summed E-state index contributed by atoms with van der Waals surface area (Å²) in [4.78, 5) is 16.0. The zero-order valence-electron chi connectivity index (χ0n) is 19.5. The predicted molar refractivity (Wildman–Crippen MR) is 125 cm³/mol. The zero-order valence-corrected chi connectivity index (χ0v) is 19.5. The molecule has 0 spiro atoms. The van der Waals surface area contributed by atoms with Crippen molar-refractivity contribution in [3.8, 4) is 34.7 Å². The van der Waals surface area contributed by atoms with Crippen LogP contribution in [0, 0.1) is 17.2 Å². The number of hydrogen-bond acceptors (Lipinski definition) is 6. The van der Waals surface area contributed by atoms with E-state index in [2.05, 4.69) is 23.3 Å². The van der Waals surface area contributed by atoms with Gasteiger partial charge < -0.3 is 24.6 Å². The van der Waals surface area contributed by atoms with Gasteiger partial charge in [0.2, 0.25) is 0 Å². The lowest BCUT2D eigenvalue weighted by Crippen LogP contribution is -2.50. The molecule has 1 aromatic carbocycles. The Balaban J connectivity index is 1.75. The molecular weight excluding hydrogens is 436 g/mol. The van der Waals surface area contributed by atoms with Crippen molar-refractivity contribution in [1.82, 2.24) is 14.7 Å². The Morgan fingerprint density at radius 1 is 1.32 bits per heavy atom. The largest absolute Gasteiger partial charge is 0.495 e. The first kappa shape index (κ1) is 23.2. The molecule has 1 amide bonds. The van der Waals surface area contributed by atoms with Gasteiger partial charge in [-0.2, -0.15) is 5.26 Å². The summed E-state index contributed by atoms with van der Waals surface area (Å²) in [5.74, 6) is 1.72. The molecule has 3 aromatic rings. The number of aromatic nitrogens is 2. The van der Waals surface area contributed by atoms with E-state index in [0.717, 1.165) is 24.1 Å². The van der Waals surface area contributed by atoms with Gasteiger partial charge in [-0.15, -0.1) is 0 Å². The van der Waals surface area contributed by atoms with Crippen LogP contribution in [0.15, 0.2) is 36.5 Å². The standard InChI is InChI=1S/C25H28N4O5/c1-4-16-8-9-25(12-16,28-24(30)31)15-34-21-11-17(10-20(32-2)18(21)13-26)19-14-27-22-6-5-7-23(33-3)29(19)22/h5-7,10-11,14,16,28H,4,8-9,12,15H2,1-3H3,(H,30,31). The molecule has 0 saturated heterocycles. The number of fused-ring (bicyclic) bond motifs is 1. The SMILES string of the molecule is CCC1CCC(COc2cc(-c3cnc4cccc(OC)n34)cc(OC)c2C#N)(NC(=O)O)C1. The molecule has 2 atom stereocenters. The van der Waals surface area contributed by atoms with Gasteiger partial charge in [0.15, 0.2) is 5.88 Å². The number of methoxy groups -OCH3 is 2. The summed E-state index contributed by atoms with van der Waals surface area (Å²) in [6, 6.07) is 11.2. The van der Waals surface area contributed by atoms with E-state index in [0.29, 0.717) is 41.8 Å². The maximum atomic E-state index is 11.5. The van der Waals surface area contributed by atoms with Crippen LogP contribution in [0.2, 0.25) is 0 Å². The van der Waals surface area contributed by atoms with E-state index < -0.39 is 11.6 Å². The number of nitrogens with one attached hydrogen (secondary N) is 1. The van der Waals surface area contributed by atoms with E-state index in [4.69, 9.17) is 14.2 Å². The van der Waals surface area contributed by atoms with Gasteiger partial charge >= 0.3 is 6.09 Å². The predicted octanol–water partition coefficient (Wildman–Crippen LogP) is 4.49. The molecule has 2 unspecified atom stereocenters. The topological polar surface area (TPSA) is 118 Å². The van der Waals surface area contributed by atoms with Crippen LogP contribution < -0.4 is 19.5 Å². The van der Waals surface area contributed by atoms with Crippen molar-refractivity contribution in [3.05, 3.63) is 42.1 Å². The number of amides is 1. The fourth-order valence-electron chi connectivity index (χ4n) is 4.80. The molecule has 9 nitrogen and oxygen atoms in total. The summed E-state index contributed by atoms with van der Waals surface area (Å²) < 4.78 is 19.0. The molecule has 0 bridgehead atoms. The molecule has 4 rings (SSSR count). The Kier molecular flexibility index (Phi) is 6.50. The highest BCUT2D eigenvalue weighted by molar-refractivity contribution is 5.71. The summed E-state index contributed by atoms with van der Waals surface area (Å²) in [6.45, 7) is 2.22. The number of imidazole rings is 1. The molecule has 1 saturated carbocycles. The van der Waals surface area contributed by atoms with Crippen LogP contribution in [0.25, 0.3) is 16.9 Å². The minimum Gasteiger partial charge on any atom is -0.495 e. The fraction of sp³-hybridized carbons (Fsp3) is 0.400. The van der Waals surface area contributed by atoms with Crippen molar-refractivity contribution >= 4 is 11.7 Å². The lowest BCUT2D eigenvalue weighted by Gasteiger charge is -2.29. The minimum atomic E-state index is -1.08. The van der Waals surface area contributed by atoms with Crippen molar-refractivity contribution in [2.45, 2.75) is 38.1 Å². The van der Waals surface area contributed by atoms with Crippen molar-refractivity contribution in [2.75, 3.05) is 20.8 Å². The highest BCUT2D eigenvalue weighted by Crippen LogP contribution is 2.39. The fourth-order valence-corrected chi connectivity index (χ4v) is 4.80. The first-order valence-corrected chi connectivity index (χ1v) is 11.2. The molecule has 2 heterocycles. The molecule has 178 valence electrons. The van der Waals surface area contributed by atoms with Crippen LogP contribution in [0.1, 0.15) is 38.2 Å². The smallest absolute Gasteiger partial charge is 0.405 e. The van der Waals surface area contributed by atoms with Crippen LogP contribution >= 0.6 is 0 Å². The van der Waals surface area contributed by atoms with Gasteiger partial charge in [-0.1, -0.05) is 19.4 Å². The average Bonchev–Trinajstić information content (AvgIpc) is 3.46. The third-order valence-electron chi connectivity index (χ3n) is 6.56. The van der Waals surface area contributed by atoms with Gasteiger partial charge in [-0.05, 0) is 49.4 Å². The maximum Gasteiger partial charge on any atom is 0.405 e. The third-order valence-corrected chi connectivity index (χ3v) is 6.56. The molecule has 2 aromatic heterocycles. The number of ether oxygens (including phenoxy) is 3. The number of pyridine rings is 1. The van der Waals surface area contributed by atoms with Crippen molar-refractivity contribution < 1.29 is 24.1 Å². The van der Waals surface area contributed by atoms with E-state index in [9.17, 15) is 15.2 Å². The third kappa shape index (κ3) is 4.31. The Bertz CT molecular complexity index is 1250. The Labute approximate surface area is 197 Å². The lowest BCUT2D eigenvalue weighted by molar-refractivity contribution is 0.147. The molecule has 1 fully saturated rings. The molecule has 0 aliphatic heterocycles. The van der Waals surface area contributed by atoms with E-state index in [1.807, 2.05) is 22.6 Å². The Morgan fingerprint density at radius 2 is 2.12 bits per heavy atom. The number of carbonyl (C=O) groups is 1. The van der Waals surface area contributed by atoms with E-state index in [1.165, 1.54) is 7.11 Å². The number of nitrogens with zero attached hydrogens (tertiary/aromatic N) is 3. The van der Waals surface area contributed by atoms with Crippen molar-refractivity contribution in [1.29, 1.82) is 5.26 Å². The summed E-state index contributed by atoms with van der Waals surface area (Å²) in [6.07, 6.45) is 3.92. The number of hydrogen-bond donors (Lipinski definition) is 2. The summed E-state index contributed by atoms with van der Waals surface area (Å²) >= 11 is 0. The van der Waals surface area contributed by atoms with Crippen LogP contribution in [0.3, 0.4) is 0 Å². The van der Waals surface area contributed by atoms with Gasteiger partial charge in [0, 0.05) is 5.56 Å². The molecule has 2 N–H and O–H groups in total. The zero-order chi connectivity index (χ0) is 24.3. The first-order chi connectivity index (χ1) is 16.4. The van der Waals surface area contributed by atoms with Gasteiger partial charge in [0.1, 0.15) is 35.4 Å². The van der Waals surface area contributed by atoms with E-state index >= 15 is 0 Å². The van der Waals surface area contributed by atoms with Gasteiger partial charge in [0.25, 0.3) is 0 Å². The van der Waals surface area contributed by atoms with Gasteiger partial charge in [-0.25, -0.2) is 9.78 Å². The number of carboxylic acid groups (broad SMARTS) is 1. The molecule has 9 heteroatoms. The number of benzene rings is 1. The van der Waals surface area contributed by atoms with Crippen LogP contribution in [0.5, 0.6) is 17.4 Å². The maximum absolute atomic E-state index is 11.5. The van der Waals surface area contributed by atoms with Crippen molar-refractivity contribution in [3.63, 3.8) is 0 Å². The second kappa shape index (κ2) is 9.51. The highest BCUT2D eigenvalue weighted by atomic mass is 16.5. The van der Waals surface area contributed by atoms with Crippen LogP contribution in [-0.4, -0.2) is 46.9 Å². The normalized spacial score (nSPS) is 19.5. The minimum absolute atomic E-state index is 0.119. The summed E-state index contributed by atoms with van der Waals surface area (Å²) in [5.41, 5.74) is 1.73. The second-order valence-electron chi connectivity index (χ2n) is 8.58. The average molecular weight is 465 g/mol. The molecule has 1 aliphatic rings.